The first kappa shape index (κ1) is 24.7. The number of nitrogens with one attached hydrogen (secondary N) is 2. The van der Waals surface area contributed by atoms with Gasteiger partial charge in [-0.3, -0.25) is 19.7 Å². The average Bonchev–Trinajstić information content (AvgIpc) is 3.16. The van der Waals surface area contributed by atoms with E-state index in [9.17, 15) is 14.4 Å². The summed E-state index contributed by atoms with van der Waals surface area (Å²) in [5, 5.41) is 5.86. The first-order chi connectivity index (χ1) is 16.5. The number of unbranched alkanes of at least 4 members (excludes halogenated alkanes) is 5. The molecule has 8 nitrogen and oxygen atoms in total. The molecule has 8 heteroatoms. The molecule has 0 radical (unpaired) electrons. The predicted octanol–water partition coefficient (Wildman–Crippen LogP) is 2.62. The molecule has 1 atom stereocenters. The lowest BCUT2D eigenvalue weighted by atomic mass is 10.0. The van der Waals surface area contributed by atoms with Crippen LogP contribution < -0.4 is 16.4 Å². The largest absolute Gasteiger partial charge is 0.385 e. The lowest BCUT2D eigenvalue weighted by Gasteiger charge is -2.29. The first-order valence-electron chi connectivity index (χ1n) is 13.0. The zero-order valence-corrected chi connectivity index (χ0v) is 20.2. The standard InChI is InChI=1S/C26H39N5O3/c27-19-12-16-30(17-13-19)15-6-4-2-1-3-5-14-28-22-9-7-8-20-21(22)18-31(26(20)34)23-10-11-24(32)29-25(23)33/h7-9,19,23,28H,1-6,10-18,27H2,(H,29,32,33). The maximum Gasteiger partial charge on any atom is 0.255 e. The molecule has 0 aliphatic carbocycles. The van der Waals surface area contributed by atoms with Crippen molar-refractivity contribution in [3.63, 3.8) is 0 Å². The number of rotatable bonds is 11. The van der Waals surface area contributed by atoms with Crippen LogP contribution in [0.3, 0.4) is 0 Å². The third-order valence-electron chi connectivity index (χ3n) is 7.43. The molecule has 0 bridgehead atoms. The van der Waals surface area contributed by atoms with Gasteiger partial charge in [-0.05, 0) is 63.9 Å². The Morgan fingerprint density at radius 2 is 1.71 bits per heavy atom. The van der Waals surface area contributed by atoms with Gasteiger partial charge in [0.25, 0.3) is 5.91 Å². The quantitative estimate of drug-likeness (QED) is 0.340. The minimum Gasteiger partial charge on any atom is -0.385 e. The van der Waals surface area contributed by atoms with E-state index < -0.39 is 6.04 Å². The highest BCUT2D eigenvalue weighted by Gasteiger charge is 2.39. The monoisotopic (exact) mass is 469 g/mol. The summed E-state index contributed by atoms with van der Waals surface area (Å²) in [5.41, 5.74) is 8.56. The Kier molecular flexibility index (Phi) is 8.56. The van der Waals surface area contributed by atoms with Crippen molar-refractivity contribution in [3.8, 4) is 0 Å². The van der Waals surface area contributed by atoms with Crippen molar-refractivity contribution in [3.05, 3.63) is 29.3 Å². The minimum absolute atomic E-state index is 0.124. The lowest BCUT2D eigenvalue weighted by Crippen LogP contribution is -2.52. The number of amides is 3. The maximum atomic E-state index is 12.9. The van der Waals surface area contributed by atoms with Crippen LogP contribution in [-0.2, 0) is 16.1 Å². The van der Waals surface area contributed by atoms with Gasteiger partial charge in [-0.15, -0.1) is 0 Å². The zero-order chi connectivity index (χ0) is 23.9. The van der Waals surface area contributed by atoms with Crippen LogP contribution in [0.4, 0.5) is 5.69 Å². The molecular weight excluding hydrogens is 430 g/mol. The smallest absolute Gasteiger partial charge is 0.255 e. The van der Waals surface area contributed by atoms with Crippen LogP contribution in [0, 0.1) is 0 Å². The zero-order valence-electron chi connectivity index (χ0n) is 20.2. The fourth-order valence-electron chi connectivity index (χ4n) is 5.32. The number of imide groups is 1. The van der Waals surface area contributed by atoms with Gasteiger partial charge in [0, 0.05) is 42.4 Å². The van der Waals surface area contributed by atoms with Crippen molar-refractivity contribution < 1.29 is 14.4 Å². The summed E-state index contributed by atoms with van der Waals surface area (Å²) in [6.45, 7) is 4.81. The molecule has 1 aromatic rings. The van der Waals surface area contributed by atoms with E-state index in [1.807, 2.05) is 18.2 Å². The second kappa shape index (κ2) is 11.8. The van der Waals surface area contributed by atoms with Crippen molar-refractivity contribution in [1.82, 2.24) is 15.1 Å². The summed E-state index contributed by atoms with van der Waals surface area (Å²) in [6.07, 6.45) is 10.3. The number of likely N-dealkylation sites (tertiary alicyclic amines) is 1. The van der Waals surface area contributed by atoms with Crippen LogP contribution in [0.15, 0.2) is 18.2 Å². The maximum absolute atomic E-state index is 12.9. The van der Waals surface area contributed by atoms with Crippen LogP contribution in [-0.4, -0.2) is 65.8 Å². The molecular formula is C26H39N5O3. The fourth-order valence-corrected chi connectivity index (χ4v) is 5.32. The molecule has 186 valence electrons. The Balaban J connectivity index is 1.14. The molecule has 3 aliphatic heterocycles. The highest BCUT2D eigenvalue weighted by Crippen LogP contribution is 2.32. The highest BCUT2D eigenvalue weighted by atomic mass is 16.2. The van der Waals surface area contributed by atoms with E-state index in [0.717, 1.165) is 50.1 Å². The van der Waals surface area contributed by atoms with E-state index >= 15 is 0 Å². The normalized spacial score (nSPS) is 21.6. The summed E-state index contributed by atoms with van der Waals surface area (Å²) < 4.78 is 0. The van der Waals surface area contributed by atoms with Gasteiger partial charge in [0.15, 0.2) is 0 Å². The molecule has 3 aliphatic rings. The molecule has 1 unspecified atom stereocenters. The van der Waals surface area contributed by atoms with Gasteiger partial charge in [-0.1, -0.05) is 31.7 Å². The number of carbonyl (C=O) groups excluding carboxylic acids is 3. The summed E-state index contributed by atoms with van der Waals surface area (Å²) in [4.78, 5) is 40.8. The van der Waals surface area contributed by atoms with Crippen LogP contribution in [0.5, 0.6) is 0 Å². The number of hydrogen-bond acceptors (Lipinski definition) is 6. The molecule has 0 aromatic heterocycles. The SMILES string of the molecule is NC1CCN(CCCCCCCCNc2cccc3c2CN(C2CCC(=O)NC2=O)C3=O)CC1. The van der Waals surface area contributed by atoms with E-state index in [4.69, 9.17) is 5.73 Å². The topological polar surface area (TPSA) is 108 Å². The predicted molar refractivity (Wildman–Crippen MR) is 132 cm³/mol. The second-order valence-corrected chi connectivity index (χ2v) is 9.96. The van der Waals surface area contributed by atoms with Crippen molar-refractivity contribution in [2.24, 2.45) is 5.73 Å². The number of nitrogens with zero attached hydrogens (tertiary/aromatic N) is 2. The van der Waals surface area contributed by atoms with Crippen molar-refractivity contribution >= 4 is 23.4 Å². The van der Waals surface area contributed by atoms with Gasteiger partial charge in [-0.2, -0.15) is 0 Å². The number of nitrogens with two attached hydrogens (primary N) is 1. The van der Waals surface area contributed by atoms with E-state index in [2.05, 4.69) is 15.5 Å². The van der Waals surface area contributed by atoms with Gasteiger partial charge < -0.3 is 20.9 Å². The Hall–Kier alpha value is -2.45. The van der Waals surface area contributed by atoms with Crippen molar-refractivity contribution in [2.75, 3.05) is 31.5 Å². The fraction of sp³-hybridized carbons (Fsp3) is 0.654. The number of fused-ring (bicyclic) bond motifs is 1. The van der Waals surface area contributed by atoms with Crippen molar-refractivity contribution in [2.45, 2.75) is 82.8 Å². The Morgan fingerprint density at radius 3 is 2.47 bits per heavy atom. The highest BCUT2D eigenvalue weighted by molar-refractivity contribution is 6.06. The summed E-state index contributed by atoms with van der Waals surface area (Å²) in [5.74, 6) is -0.757. The number of anilines is 1. The molecule has 3 heterocycles. The molecule has 4 rings (SSSR count). The van der Waals surface area contributed by atoms with E-state index in [-0.39, 0.29) is 24.1 Å². The number of piperidine rings is 2. The summed E-state index contributed by atoms with van der Waals surface area (Å²) in [7, 11) is 0. The lowest BCUT2D eigenvalue weighted by molar-refractivity contribution is -0.136. The Morgan fingerprint density at radius 1 is 0.971 bits per heavy atom. The number of benzene rings is 1. The van der Waals surface area contributed by atoms with E-state index in [1.54, 1.807) is 4.90 Å². The van der Waals surface area contributed by atoms with Gasteiger partial charge >= 0.3 is 0 Å². The van der Waals surface area contributed by atoms with E-state index in [1.165, 1.54) is 38.6 Å². The summed E-state index contributed by atoms with van der Waals surface area (Å²) >= 11 is 0. The van der Waals surface area contributed by atoms with Gasteiger partial charge in [0.05, 0.1) is 0 Å². The number of hydrogen-bond donors (Lipinski definition) is 3. The minimum atomic E-state index is -0.571. The van der Waals surface area contributed by atoms with Gasteiger partial charge in [-0.25, -0.2) is 0 Å². The molecule has 2 saturated heterocycles. The second-order valence-electron chi connectivity index (χ2n) is 9.96. The third kappa shape index (κ3) is 6.16. The summed E-state index contributed by atoms with van der Waals surface area (Å²) in [6, 6.07) is 5.56. The first-order valence-corrected chi connectivity index (χ1v) is 13.0. The molecule has 3 amide bonds. The molecule has 4 N–H and O–H groups in total. The third-order valence-corrected chi connectivity index (χ3v) is 7.43. The van der Waals surface area contributed by atoms with Gasteiger partial charge in [0.1, 0.15) is 6.04 Å². The van der Waals surface area contributed by atoms with Crippen LogP contribution in [0.25, 0.3) is 0 Å². The molecule has 0 saturated carbocycles. The Bertz CT molecular complexity index is 881. The van der Waals surface area contributed by atoms with Gasteiger partial charge in [0.2, 0.25) is 11.8 Å². The average molecular weight is 470 g/mol. The van der Waals surface area contributed by atoms with Crippen LogP contribution in [0.1, 0.15) is 80.1 Å². The van der Waals surface area contributed by atoms with E-state index in [0.29, 0.717) is 24.6 Å². The van der Waals surface area contributed by atoms with Crippen LogP contribution >= 0.6 is 0 Å². The van der Waals surface area contributed by atoms with Crippen molar-refractivity contribution in [1.29, 1.82) is 0 Å². The molecule has 1 aromatic carbocycles. The number of carbonyl (C=O) groups is 3. The molecule has 34 heavy (non-hydrogen) atoms. The Labute approximate surface area is 202 Å². The molecule has 0 spiro atoms. The molecule has 2 fully saturated rings. The van der Waals surface area contributed by atoms with Crippen LogP contribution in [0.2, 0.25) is 0 Å².